The molecule has 1 aromatic rings. The van der Waals surface area contributed by atoms with E-state index >= 15 is 0 Å². The van der Waals surface area contributed by atoms with Gasteiger partial charge in [-0.25, -0.2) is 9.13 Å². The van der Waals surface area contributed by atoms with Gasteiger partial charge >= 0.3 is 15.6 Å². The van der Waals surface area contributed by atoms with E-state index in [1.54, 1.807) is 0 Å². The topological polar surface area (TPSA) is 134 Å². The third-order valence-electron chi connectivity index (χ3n) is 1.59. The molecule has 0 bridgehead atoms. The highest BCUT2D eigenvalue weighted by molar-refractivity contribution is 7.47. The first-order valence-corrected chi connectivity index (χ1v) is 7.43. The molecule has 0 aliphatic heterocycles. The van der Waals surface area contributed by atoms with Crippen LogP contribution in [0.1, 0.15) is 5.56 Å². The molecule has 8 nitrogen and oxygen atoms in total. The summed E-state index contributed by atoms with van der Waals surface area (Å²) in [5.41, 5.74) is 0.310. The molecule has 0 heterocycles. The van der Waals surface area contributed by atoms with E-state index in [1.807, 2.05) is 0 Å². The lowest BCUT2D eigenvalue weighted by Gasteiger charge is -2.11. The molecule has 0 fully saturated rings. The van der Waals surface area contributed by atoms with E-state index in [9.17, 15) is 9.13 Å². The Kier molecular flexibility index (Phi) is 4.34. The van der Waals surface area contributed by atoms with Crippen LogP contribution in [0.4, 0.5) is 0 Å². The minimum absolute atomic E-state index is 0.302. The smallest absolute Gasteiger partial charge is 0.404 e. The maximum Gasteiger partial charge on any atom is 0.524 e. The molecule has 0 aliphatic carbocycles. The molecule has 0 aliphatic rings. The van der Waals surface area contributed by atoms with Crippen LogP contribution in [0.25, 0.3) is 6.08 Å². The summed E-state index contributed by atoms with van der Waals surface area (Å²) in [4.78, 5) is 34.5. The summed E-state index contributed by atoms with van der Waals surface area (Å²) in [5.74, 6) is -0.603. The Hall–Kier alpha value is -1.14. The molecular formula is C8H10O8P2. The lowest BCUT2D eigenvalue weighted by molar-refractivity contribution is 0.280. The monoisotopic (exact) mass is 296 g/mol. The molecule has 0 saturated heterocycles. The largest absolute Gasteiger partial charge is 0.524 e. The van der Waals surface area contributed by atoms with Crippen molar-refractivity contribution in [3.05, 3.63) is 30.3 Å². The van der Waals surface area contributed by atoms with Gasteiger partial charge in [-0.05, 0) is 17.7 Å². The van der Waals surface area contributed by atoms with Crippen molar-refractivity contribution < 1.29 is 37.8 Å². The number of hydrogen-bond acceptors (Lipinski definition) is 4. The SMILES string of the molecule is C=Cc1cc(OP(=O)(O)O)cc(OP(=O)(O)O)c1. The normalized spacial score (nSPS) is 12.0. The summed E-state index contributed by atoms with van der Waals surface area (Å²) in [6.45, 7) is 3.41. The van der Waals surface area contributed by atoms with Gasteiger partial charge < -0.3 is 9.05 Å². The van der Waals surface area contributed by atoms with E-state index in [0.717, 1.165) is 6.07 Å². The van der Waals surface area contributed by atoms with Crippen LogP contribution in [0, 0.1) is 0 Å². The zero-order chi connectivity index (χ0) is 14.0. The Morgan fingerprint density at radius 1 is 0.944 bits per heavy atom. The van der Waals surface area contributed by atoms with Gasteiger partial charge in [0.05, 0.1) is 0 Å². The number of hydrogen-bond donors (Lipinski definition) is 4. The van der Waals surface area contributed by atoms with Crippen LogP contribution in [-0.4, -0.2) is 19.6 Å². The number of phosphoric acid groups is 2. The average molecular weight is 296 g/mol. The van der Waals surface area contributed by atoms with Gasteiger partial charge in [0.1, 0.15) is 11.5 Å². The highest BCUT2D eigenvalue weighted by atomic mass is 31.2. The quantitative estimate of drug-likeness (QED) is 0.597. The molecule has 0 radical (unpaired) electrons. The fourth-order valence-electron chi connectivity index (χ4n) is 1.09. The number of phosphoric ester groups is 2. The minimum Gasteiger partial charge on any atom is -0.404 e. The van der Waals surface area contributed by atoms with Gasteiger partial charge in [-0.1, -0.05) is 12.7 Å². The van der Waals surface area contributed by atoms with Gasteiger partial charge in [-0.3, -0.25) is 19.6 Å². The van der Waals surface area contributed by atoms with Gasteiger partial charge in [0.25, 0.3) is 0 Å². The van der Waals surface area contributed by atoms with Gasteiger partial charge in [0.2, 0.25) is 0 Å². The lowest BCUT2D eigenvalue weighted by atomic mass is 10.2. The number of rotatable bonds is 5. The Bertz CT molecular complexity index is 500. The zero-order valence-corrected chi connectivity index (χ0v) is 10.6. The molecule has 0 unspecified atom stereocenters. The molecule has 18 heavy (non-hydrogen) atoms. The molecule has 0 saturated carbocycles. The molecule has 0 aromatic heterocycles. The maximum atomic E-state index is 10.6. The van der Waals surface area contributed by atoms with Crippen LogP contribution >= 0.6 is 15.6 Å². The van der Waals surface area contributed by atoms with E-state index in [0.29, 0.717) is 5.56 Å². The summed E-state index contributed by atoms with van der Waals surface area (Å²) in [7, 11) is -9.55. The van der Waals surface area contributed by atoms with Crippen molar-refractivity contribution in [2.45, 2.75) is 0 Å². The van der Waals surface area contributed by atoms with Crippen molar-refractivity contribution in [3.63, 3.8) is 0 Å². The van der Waals surface area contributed by atoms with E-state index < -0.39 is 15.6 Å². The summed E-state index contributed by atoms with van der Waals surface area (Å²) < 4.78 is 29.9. The molecule has 4 N–H and O–H groups in total. The Balaban J connectivity index is 3.13. The van der Waals surface area contributed by atoms with E-state index in [4.69, 9.17) is 19.6 Å². The fourth-order valence-corrected chi connectivity index (χ4v) is 1.85. The third-order valence-corrected chi connectivity index (χ3v) is 2.48. The van der Waals surface area contributed by atoms with Crippen molar-refractivity contribution >= 4 is 21.7 Å². The molecule has 0 atom stereocenters. The van der Waals surface area contributed by atoms with Crippen LogP contribution in [0.5, 0.6) is 11.5 Å². The van der Waals surface area contributed by atoms with Gasteiger partial charge in [0.15, 0.2) is 0 Å². The minimum atomic E-state index is -4.77. The predicted octanol–water partition coefficient (Wildman–Crippen LogP) is 1.27. The molecule has 100 valence electrons. The lowest BCUT2D eigenvalue weighted by Crippen LogP contribution is -1.94. The first-order chi connectivity index (χ1) is 8.09. The second-order valence-electron chi connectivity index (χ2n) is 3.11. The molecule has 10 heteroatoms. The average Bonchev–Trinajstić information content (AvgIpc) is 2.11. The summed E-state index contributed by atoms with van der Waals surface area (Å²) in [6.07, 6.45) is 1.29. The molecule has 1 aromatic carbocycles. The molecular weight excluding hydrogens is 286 g/mol. The van der Waals surface area contributed by atoms with E-state index in [-0.39, 0.29) is 11.5 Å². The standard InChI is InChI=1S/C8H10O8P2/c1-2-6-3-7(15-17(9,10)11)5-8(4-6)16-18(12,13)14/h2-5H,1H2,(H2,9,10,11)(H2,12,13,14). The first kappa shape index (κ1) is 14.9. The van der Waals surface area contributed by atoms with Crippen LogP contribution in [0.2, 0.25) is 0 Å². The van der Waals surface area contributed by atoms with Crippen molar-refractivity contribution in [2.24, 2.45) is 0 Å². The van der Waals surface area contributed by atoms with Crippen molar-refractivity contribution in [1.29, 1.82) is 0 Å². The highest BCUT2D eigenvalue weighted by Crippen LogP contribution is 2.42. The van der Waals surface area contributed by atoms with Crippen LogP contribution in [0.15, 0.2) is 24.8 Å². The van der Waals surface area contributed by atoms with Crippen molar-refractivity contribution in [1.82, 2.24) is 0 Å². The van der Waals surface area contributed by atoms with Crippen molar-refractivity contribution in [2.75, 3.05) is 0 Å². The predicted molar refractivity (Wildman–Crippen MR) is 61.9 cm³/mol. The second kappa shape index (κ2) is 5.24. The van der Waals surface area contributed by atoms with E-state index in [1.165, 1.54) is 18.2 Å². The fraction of sp³-hybridized carbons (Fsp3) is 0. The molecule has 0 amide bonds. The van der Waals surface area contributed by atoms with E-state index in [2.05, 4.69) is 15.6 Å². The second-order valence-corrected chi connectivity index (χ2v) is 5.43. The van der Waals surface area contributed by atoms with Gasteiger partial charge in [-0.15, -0.1) is 0 Å². The molecule has 0 spiro atoms. The Morgan fingerprint density at radius 3 is 1.61 bits per heavy atom. The van der Waals surface area contributed by atoms with Gasteiger partial charge in [0, 0.05) is 6.07 Å². The maximum absolute atomic E-state index is 10.6. The number of benzene rings is 1. The Morgan fingerprint density at radius 2 is 1.33 bits per heavy atom. The van der Waals surface area contributed by atoms with Crippen molar-refractivity contribution in [3.8, 4) is 11.5 Å². The molecule has 1 rings (SSSR count). The van der Waals surface area contributed by atoms with Crippen LogP contribution in [-0.2, 0) is 9.13 Å². The first-order valence-electron chi connectivity index (χ1n) is 4.37. The summed E-state index contributed by atoms with van der Waals surface area (Å²) in [5, 5.41) is 0. The Labute approximate surface area is 102 Å². The highest BCUT2D eigenvalue weighted by Gasteiger charge is 2.20. The third kappa shape index (κ3) is 5.46. The summed E-state index contributed by atoms with van der Waals surface area (Å²) >= 11 is 0. The van der Waals surface area contributed by atoms with Crippen LogP contribution in [0.3, 0.4) is 0 Å². The summed E-state index contributed by atoms with van der Waals surface area (Å²) in [6, 6.07) is 3.38. The van der Waals surface area contributed by atoms with Gasteiger partial charge in [-0.2, -0.15) is 0 Å². The zero-order valence-electron chi connectivity index (χ0n) is 8.83. The van der Waals surface area contributed by atoms with Crippen LogP contribution < -0.4 is 9.05 Å².